The summed E-state index contributed by atoms with van der Waals surface area (Å²) < 4.78 is 0. The summed E-state index contributed by atoms with van der Waals surface area (Å²) in [5, 5.41) is 0. The summed E-state index contributed by atoms with van der Waals surface area (Å²) in [4.78, 5) is 13.7. The lowest BCUT2D eigenvalue weighted by atomic mass is 10.0. The second-order valence-electron chi connectivity index (χ2n) is 5.48. The Labute approximate surface area is 109 Å². The van der Waals surface area contributed by atoms with Gasteiger partial charge >= 0.3 is 0 Å². The number of nitrogens with zero attached hydrogens (tertiary/aromatic N) is 4. The molecule has 0 spiro atoms. The van der Waals surface area contributed by atoms with Crippen LogP contribution in [-0.4, -0.2) is 51.5 Å². The van der Waals surface area contributed by atoms with Crippen molar-refractivity contribution < 1.29 is 0 Å². The summed E-state index contributed by atoms with van der Waals surface area (Å²) in [6.07, 6.45) is 7.48. The van der Waals surface area contributed by atoms with Gasteiger partial charge < -0.3 is 0 Å². The monoisotopic (exact) mass is 246 g/mol. The molecule has 0 N–H and O–H groups in total. The lowest BCUT2D eigenvalue weighted by Gasteiger charge is -2.43. The third kappa shape index (κ3) is 2.40. The zero-order chi connectivity index (χ0) is 12.4. The molecular formula is C14H22N4. The molecule has 98 valence electrons. The molecule has 3 heterocycles. The molecule has 0 bridgehead atoms. The maximum Gasteiger partial charge on any atom is 0.115 e. The topological polar surface area (TPSA) is 32.3 Å². The highest BCUT2D eigenvalue weighted by Gasteiger charge is 2.35. The fraction of sp³-hybridized carbons (Fsp3) is 0.714. The zero-order valence-electron chi connectivity index (χ0n) is 11.1. The Balaban J connectivity index is 1.69. The van der Waals surface area contributed by atoms with E-state index >= 15 is 0 Å². The van der Waals surface area contributed by atoms with Gasteiger partial charge in [0.1, 0.15) is 6.33 Å². The summed E-state index contributed by atoms with van der Waals surface area (Å²) in [5.41, 5.74) is 1.15. The Bertz CT molecular complexity index is 381. The van der Waals surface area contributed by atoms with Crippen molar-refractivity contribution >= 4 is 0 Å². The first-order valence-corrected chi connectivity index (χ1v) is 7.10. The molecule has 0 aromatic carbocycles. The second kappa shape index (κ2) is 5.33. The first-order chi connectivity index (χ1) is 8.86. The first kappa shape index (κ1) is 12.1. The molecule has 4 heteroatoms. The van der Waals surface area contributed by atoms with Gasteiger partial charge in [0.15, 0.2) is 0 Å². The van der Waals surface area contributed by atoms with Gasteiger partial charge in [-0.3, -0.25) is 9.80 Å². The van der Waals surface area contributed by atoms with Crippen LogP contribution in [0.25, 0.3) is 0 Å². The van der Waals surface area contributed by atoms with Gasteiger partial charge in [-0.25, -0.2) is 9.97 Å². The number of aromatic nitrogens is 2. The Morgan fingerprint density at radius 2 is 2.33 bits per heavy atom. The lowest BCUT2D eigenvalue weighted by Crippen LogP contribution is -2.55. The van der Waals surface area contributed by atoms with E-state index in [9.17, 15) is 0 Å². The first-order valence-electron chi connectivity index (χ1n) is 7.10. The van der Waals surface area contributed by atoms with Crippen molar-refractivity contribution in [1.82, 2.24) is 19.8 Å². The predicted octanol–water partition coefficient (Wildman–Crippen LogP) is 1.54. The average Bonchev–Trinajstić information content (AvgIpc) is 2.86. The van der Waals surface area contributed by atoms with Crippen LogP contribution >= 0.6 is 0 Å². The van der Waals surface area contributed by atoms with Gasteiger partial charge in [0.25, 0.3) is 0 Å². The minimum absolute atomic E-state index is 0.689. The predicted molar refractivity (Wildman–Crippen MR) is 71.1 cm³/mol. The molecule has 2 atom stereocenters. The van der Waals surface area contributed by atoms with E-state index in [2.05, 4.69) is 26.7 Å². The minimum atomic E-state index is 0.689. The van der Waals surface area contributed by atoms with Gasteiger partial charge in [0, 0.05) is 37.9 Å². The van der Waals surface area contributed by atoms with Crippen LogP contribution in [0.1, 0.15) is 31.9 Å². The van der Waals surface area contributed by atoms with Crippen molar-refractivity contribution in [3.05, 3.63) is 24.3 Å². The molecule has 2 fully saturated rings. The molecule has 0 saturated carbocycles. The smallest absolute Gasteiger partial charge is 0.115 e. The number of rotatable bonds is 3. The Morgan fingerprint density at radius 1 is 1.39 bits per heavy atom. The van der Waals surface area contributed by atoms with Crippen molar-refractivity contribution in [3.63, 3.8) is 0 Å². The molecule has 3 rings (SSSR count). The maximum atomic E-state index is 4.36. The lowest BCUT2D eigenvalue weighted by molar-refractivity contribution is 0.0428. The molecule has 2 unspecified atom stereocenters. The van der Waals surface area contributed by atoms with E-state index in [0.717, 1.165) is 18.3 Å². The summed E-state index contributed by atoms with van der Waals surface area (Å²) in [5.74, 6) is 0. The van der Waals surface area contributed by atoms with Crippen LogP contribution in [0.4, 0.5) is 0 Å². The number of hydrogen-bond donors (Lipinski definition) is 0. The quantitative estimate of drug-likeness (QED) is 0.810. The van der Waals surface area contributed by atoms with Crippen LogP contribution in [0, 0.1) is 0 Å². The molecule has 1 aromatic rings. The highest BCUT2D eigenvalue weighted by molar-refractivity contribution is 5.00. The van der Waals surface area contributed by atoms with E-state index < -0.39 is 0 Å². The van der Waals surface area contributed by atoms with Crippen molar-refractivity contribution in [2.75, 3.05) is 19.6 Å². The van der Waals surface area contributed by atoms with E-state index in [-0.39, 0.29) is 0 Å². The van der Waals surface area contributed by atoms with Gasteiger partial charge in [-0.15, -0.1) is 0 Å². The summed E-state index contributed by atoms with van der Waals surface area (Å²) in [7, 11) is 0. The Hall–Kier alpha value is -1.00. The highest BCUT2D eigenvalue weighted by atomic mass is 15.3. The molecule has 0 amide bonds. The van der Waals surface area contributed by atoms with Gasteiger partial charge in [0.2, 0.25) is 0 Å². The average molecular weight is 246 g/mol. The van der Waals surface area contributed by atoms with Crippen molar-refractivity contribution in [2.24, 2.45) is 0 Å². The van der Waals surface area contributed by atoms with E-state index in [0.29, 0.717) is 6.04 Å². The molecule has 0 aliphatic carbocycles. The molecule has 0 radical (unpaired) electrons. The maximum absolute atomic E-state index is 4.36. The summed E-state index contributed by atoms with van der Waals surface area (Å²) >= 11 is 0. The Morgan fingerprint density at radius 3 is 3.11 bits per heavy atom. The Kier molecular flexibility index (Phi) is 3.57. The van der Waals surface area contributed by atoms with Crippen LogP contribution in [0.5, 0.6) is 0 Å². The normalized spacial score (nSPS) is 29.4. The largest absolute Gasteiger partial charge is 0.298 e. The molecular weight excluding hydrogens is 224 g/mol. The minimum Gasteiger partial charge on any atom is -0.298 e. The number of fused-ring (bicyclic) bond motifs is 1. The van der Waals surface area contributed by atoms with Gasteiger partial charge in [-0.05, 0) is 31.9 Å². The molecule has 18 heavy (non-hydrogen) atoms. The van der Waals surface area contributed by atoms with E-state index in [1.165, 1.54) is 38.9 Å². The van der Waals surface area contributed by atoms with Crippen molar-refractivity contribution in [3.8, 4) is 0 Å². The highest BCUT2D eigenvalue weighted by Crippen LogP contribution is 2.26. The number of hydrogen-bond acceptors (Lipinski definition) is 4. The van der Waals surface area contributed by atoms with Gasteiger partial charge in [0.05, 0.1) is 5.69 Å². The fourth-order valence-electron chi connectivity index (χ4n) is 3.35. The van der Waals surface area contributed by atoms with Crippen molar-refractivity contribution in [1.29, 1.82) is 0 Å². The van der Waals surface area contributed by atoms with E-state index in [1.807, 2.05) is 12.3 Å². The van der Waals surface area contributed by atoms with Crippen LogP contribution in [-0.2, 0) is 6.54 Å². The van der Waals surface area contributed by atoms with E-state index in [4.69, 9.17) is 0 Å². The van der Waals surface area contributed by atoms with Crippen LogP contribution in [0.15, 0.2) is 18.6 Å². The molecule has 2 saturated heterocycles. The third-order valence-corrected chi connectivity index (χ3v) is 4.39. The van der Waals surface area contributed by atoms with E-state index in [1.54, 1.807) is 6.33 Å². The fourth-order valence-corrected chi connectivity index (χ4v) is 3.35. The standard InChI is InChI=1S/C14H22N4/c1-2-13-9-17-7-3-4-14(17)10-18(13)8-12-5-6-15-11-16-12/h5-6,11,13-14H,2-4,7-10H2,1H3. The van der Waals surface area contributed by atoms with Crippen LogP contribution in [0.3, 0.4) is 0 Å². The number of piperazine rings is 1. The molecule has 1 aromatic heterocycles. The van der Waals surface area contributed by atoms with Gasteiger partial charge in [-0.2, -0.15) is 0 Å². The summed E-state index contributed by atoms with van der Waals surface area (Å²) in [6.45, 7) is 7.04. The zero-order valence-corrected chi connectivity index (χ0v) is 11.1. The molecule has 2 aliphatic heterocycles. The van der Waals surface area contributed by atoms with Crippen molar-refractivity contribution in [2.45, 2.75) is 44.8 Å². The summed E-state index contributed by atoms with van der Waals surface area (Å²) in [6, 6.07) is 3.51. The SMILES string of the molecule is CCC1CN2CCCC2CN1Cc1ccncn1. The molecule has 4 nitrogen and oxygen atoms in total. The van der Waals surface area contributed by atoms with Crippen LogP contribution < -0.4 is 0 Å². The third-order valence-electron chi connectivity index (χ3n) is 4.39. The van der Waals surface area contributed by atoms with Gasteiger partial charge in [-0.1, -0.05) is 6.92 Å². The van der Waals surface area contributed by atoms with Crippen LogP contribution in [0.2, 0.25) is 0 Å². The molecule has 2 aliphatic rings. The second-order valence-corrected chi connectivity index (χ2v) is 5.48.